The lowest BCUT2D eigenvalue weighted by molar-refractivity contribution is -0.124. The summed E-state index contributed by atoms with van der Waals surface area (Å²) in [4.78, 5) is 24.2. The smallest absolute Gasteiger partial charge is 0.251 e. The SMILES string of the molecule is COCCOc1cccc(C(=O)NC2CCC(=O)NC2C2CC2)c1. The first-order valence-electron chi connectivity index (χ1n) is 8.49. The number of hydrogen-bond donors (Lipinski definition) is 2. The van der Waals surface area contributed by atoms with Crippen molar-refractivity contribution in [2.75, 3.05) is 20.3 Å². The third-order valence-electron chi connectivity index (χ3n) is 4.54. The molecule has 1 saturated carbocycles. The average molecular weight is 332 g/mol. The number of piperidine rings is 1. The Morgan fingerprint density at radius 3 is 2.88 bits per heavy atom. The molecule has 6 nitrogen and oxygen atoms in total. The van der Waals surface area contributed by atoms with E-state index in [2.05, 4.69) is 10.6 Å². The molecule has 24 heavy (non-hydrogen) atoms. The molecule has 0 spiro atoms. The number of methoxy groups -OCH3 is 1. The van der Waals surface area contributed by atoms with Crippen LogP contribution in [0.2, 0.25) is 0 Å². The molecule has 1 aliphatic heterocycles. The van der Waals surface area contributed by atoms with Crippen molar-refractivity contribution in [3.05, 3.63) is 29.8 Å². The number of nitrogens with one attached hydrogen (secondary N) is 2. The van der Waals surface area contributed by atoms with Gasteiger partial charge in [-0.25, -0.2) is 0 Å². The molecular weight excluding hydrogens is 308 g/mol. The standard InChI is InChI=1S/C18H24N2O4/c1-23-9-10-24-14-4-2-3-13(11-14)18(22)19-15-7-8-16(21)20-17(15)12-5-6-12/h2-4,11-12,15,17H,5-10H2,1H3,(H,19,22)(H,20,21). The van der Waals surface area contributed by atoms with Gasteiger partial charge in [-0.2, -0.15) is 0 Å². The third kappa shape index (κ3) is 4.26. The fourth-order valence-corrected chi connectivity index (χ4v) is 3.11. The lowest BCUT2D eigenvalue weighted by atomic mass is 9.94. The summed E-state index contributed by atoms with van der Waals surface area (Å²) in [5, 5.41) is 6.13. The number of ether oxygens (including phenoxy) is 2. The van der Waals surface area contributed by atoms with E-state index in [0.29, 0.717) is 43.3 Å². The summed E-state index contributed by atoms with van der Waals surface area (Å²) in [5.41, 5.74) is 0.566. The van der Waals surface area contributed by atoms with E-state index in [1.807, 2.05) is 6.07 Å². The van der Waals surface area contributed by atoms with Crippen LogP contribution in [-0.2, 0) is 9.53 Å². The highest BCUT2D eigenvalue weighted by atomic mass is 16.5. The van der Waals surface area contributed by atoms with Crippen molar-refractivity contribution < 1.29 is 19.1 Å². The molecule has 2 amide bonds. The van der Waals surface area contributed by atoms with Crippen molar-refractivity contribution >= 4 is 11.8 Å². The van der Waals surface area contributed by atoms with Gasteiger partial charge in [-0.3, -0.25) is 9.59 Å². The Hall–Kier alpha value is -2.08. The minimum Gasteiger partial charge on any atom is -0.491 e. The van der Waals surface area contributed by atoms with Gasteiger partial charge in [0.1, 0.15) is 12.4 Å². The van der Waals surface area contributed by atoms with Crippen LogP contribution in [0.5, 0.6) is 5.75 Å². The topological polar surface area (TPSA) is 76.7 Å². The van der Waals surface area contributed by atoms with Gasteiger partial charge >= 0.3 is 0 Å². The number of carbonyl (C=O) groups excluding carboxylic acids is 2. The second-order valence-corrected chi connectivity index (χ2v) is 6.42. The molecular formula is C18H24N2O4. The van der Waals surface area contributed by atoms with Crippen LogP contribution in [0.4, 0.5) is 0 Å². The summed E-state index contributed by atoms with van der Waals surface area (Å²) in [6.45, 7) is 0.946. The van der Waals surface area contributed by atoms with Gasteiger partial charge < -0.3 is 20.1 Å². The Bertz CT molecular complexity index is 600. The Balaban J connectivity index is 1.61. The molecule has 2 aliphatic rings. The van der Waals surface area contributed by atoms with E-state index >= 15 is 0 Å². The minimum absolute atomic E-state index is 0.000709. The largest absolute Gasteiger partial charge is 0.491 e. The molecule has 2 unspecified atom stereocenters. The maximum absolute atomic E-state index is 12.6. The van der Waals surface area contributed by atoms with Crippen LogP contribution >= 0.6 is 0 Å². The predicted molar refractivity (Wildman–Crippen MR) is 89.0 cm³/mol. The summed E-state index contributed by atoms with van der Waals surface area (Å²) in [6, 6.07) is 7.19. The Morgan fingerprint density at radius 1 is 1.29 bits per heavy atom. The molecule has 0 bridgehead atoms. The van der Waals surface area contributed by atoms with E-state index in [-0.39, 0.29) is 23.9 Å². The summed E-state index contributed by atoms with van der Waals surface area (Å²) in [5.74, 6) is 1.11. The molecule has 2 atom stereocenters. The predicted octanol–water partition coefficient (Wildman–Crippen LogP) is 1.50. The first-order valence-corrected chi connectivity index (χ1v) is 8.49. The van der Waals surface area contributed by atoms with Crippen LogP contribution in [0.1, 0.15) is 36.0 Å². The second kappa shape index (κ2) is 7.66. The van der Waals surface area contributed by atoms with Gasteiger partial charge in [0.15, 0.2) is 0 Å². The van der Waals surface area contributed by atoms with E-state index in [0.717, 1.165) is 12.8 Å². The van der Waals surface area contributed by atoms with Gasteiger partial charge in [-0.15, -0.1) is 0 Å². The van der Waals surface area contributed by atoms with Crippen LogP contribution in [0.15, 0.2) is 24.3 Å². The summed E-state index contributed by atoms with van der Waals surface area (Å²) >= 11 is 0. The van der Waals surface area contributed by atoms with Crippen molar-refractivity contribution in [3.63, 3.8) is 0 Å². The van der Waals surface area contributed by atoms with Gasteiger partial charge in [0.25, 0.3) is 5.91 Å². The molecule has 130 valence electrons. The molecule has 1 aliphatic carbocycles. The van der Waals surface area contributed by atoms with E-state index < -0.39 is 0 Å². The van der Waals surface area contributed by atoms with Crippen LogP contribution in [0.3, 0.4) is 0 Å². The number of carbonyl (C=O) groups is 2. The zero-order valence-electron chi connectivity index (χ0n) is 13.9. The van der Waals surface area contributed by atoms with Gasteiger partial charge in [-0.05, 0) is 43.4 Å². The van der Waals surface area contributed by atoms with Gasteiger partial charge in [-0.1, -0.05) is 6.07 Å². The Morgan fingerprint density at radius 2 is 2.12 bits per heavy atom. The number of benzene rings is 1. The summed E-state index contributed by atoms with van der Waals surface area (Å²) < 4.78 is 10.5. The van der Waals surface area contributed by atoms with Crippen molar-refractivity contribution in [2.24, 2.45) is 5.92 Å². The van der Waals surface area contributed by atoms with Crippen LogP contribution in [-0.4, -0.2) is 44.2 Å². The zero-order valence-corrected chi connectivity index (χ0v) is 13.9. The maximum atomic E-state index is 12.6. The normalized spacial score (nSPS) is 23.5. The van der Waals surface area contributed by atoms with E-state index in [1.54, 1.807) is 25.3 Å². The molecule has 0 aromatic heterocycles. The molecule has 6 heteroatoms. The average Bonchev–Trinajstić information content (AvgIpc) is 3.42. The zero-order chi connectivity index (χ0) is 16.9. The van der Waals surface area contributed by atoms with Crippen LogP contribution in [0, 0.1) is 5.92 Å². The number of hydrogen-bond acceptors (Lipinski definition) is 4. The third-order valence-corrected chi connectivity index (χ3v) is 4.54. The highest BCUT2D eigenvalue weighted by Gasteiger charge is 2.40. The summed E-state index contributed by atoms with van der Waals surface area (Å²) in [6.07, 6.45) is 3.41. The lowest BCUT2D eigenvalue weighted by Gasteiger charge is -2.33. The summed E-state index contributed by atoms with van der Waals surface area (Å²) in [7, 11) is 1.62. The molecule has 2 N–H and O–H groups in total. The van der Waals surface area contributed by atoms with Crippen molar-refractivity contribution in [3.8, 4) is 5.75 Å². The van der Waals surface area contributed by atoms with Crippen molar-refractivity contribution in [1.29, 1.82) is 0 Å². The molecule has 1 aromatic rings. The van der Waals surface area contributed by atoms with E-state index in [4.69, 9.17) is 9.47 Å². The quantitative estimate of drug-likeness (QED) is 0.742. The Kier molecular flexibility index (Phi) is 5.35. The first-order chi connectivity index (χ1) is 11.7. The van der Waals surface area contributed by atoms with Crippen LogP contribution in [0.25, 0.3) is 0 Å². The fraction of sp³-hybridized carbons (Fsp3) is 0.556. The van der Waals surface area contributed by atoms with E-state index in [9.17, 15) is 9.59 Å². The van der Waals surface area contributed by atoms with Gasteiger partial charge in [0.2, 0.25) is 5.91 Å². The number of amides is 2. The van der Waals surface area contributed by atoms with Crippen LogP contribution < -0.4 is 15.4 Å². The molecule has 0 radical (unpaired) electrons. The lowest BCUT2D eigenvalue weighted by Crippen LogP contribution is -2.56. The fourth-order valence-electron chi connectivity index (χ4n) is 3.11. The van der Waals surface area contributed by atoms with Crippen molar-refractivity contribution in [2.45, 2.75) is 37.8 Å². The highest BCUT2D eigenvalue weighted by molar-refractivity contribution is 5.95. The van der Waals surface area contributed by atoms with E-state index in [1.165, 1.54) is 0 Å². The van der Waals surface area contributed by atoms with Gasteiger partial charge in [0.05, 0.1) is 18.7 Å². The highest BCUT2D eigenvalue weighted by Crippen LogP contribution is 2.36. The molecule has 1 aromatic carbocycles. The van der Waals surface area contributed by atoms with Gasteiger partial charge in [0, 0.05) is 19.1 Å². The second-order valence-electron chi connectivity index (χ2n) is 6.42. The molecule has 2 fully saturated rings. The Labute approximate surface area is 141 Å². The maximum Gasteiger partial charge on any atom is 0.251 e. The monoisotopic (exact) mass is 332 g/mol. The molecule has 1 heterocycles. The first kappa shape index (κ1) is 16.8. The number of rotatable bonds is 7. The minimum atomic E-state index is -0.126. The molecule has 3 rings (SSSR count). The van der Waals surface area contributed by atoms with Crippen molar-refractivity contribution in [1.82, 2.24) is 10.6 Å². The molecule has 1 saturated heterocycles.